The number of hydrogen-bond acceptors (Lipinski definition) is 4. The van der Waals surface area contributed by atoms with Crippen LogP contribution in [0.1, 0.15) is 41.7 Å². The van der Waals surface area contributed by atoms with E-state index in [0.717, 1.165) is 24.5 Å². The number of carbonyl (C=O) groups is 1. The van der Waals surface area contributed by atoms with Crippen molar-refractivity contribution in [3.63, 3.8) is 0 Å². The van der Waals surface area contributed by atoms with E-state index in [1.807, 2.05) is 0 Å². The van der Waals surface area contributed by atoms with E-state index in [-0.39, 0.29) is 22.2 Å². The molecule has 2 N–H and O–H groups in total. The number of carbonyl (C=O) groups excluding carboxylic acids is 1. The van der Waals surface area contributed by atoms with E-state index in [2.05, 4.69) is 9.97 Å². The number of ketones is 1. The number of H-pyrrole nitrogens is 1. The summed E-state index contributed by atoms with van der Waals surface area (Å²) in [7, 11) is -4.72. The molecule has 0 radical (unpaired) electrons. The second-order valence-corrected chi connectivity index (χ2v) is 7.04. The third kappa shape index (κ3) is 3.68. The summed E-state index contributed by atoms with van der Waals surface area (Å²) < 4.78 is 93.1. The minimum absolute atomic E-state index is 0.00993. The summed E-state index contributed by atoms with van der Waals surface area (Å²) in [5, 5.41) is 0.00993. The molecule has 142 valence electrons. The highest BCUT2D eigenvalue weighted by atomic mass is 32.2. The van der Waals surface area contributed by atoms with Crippen LogP contribution in [-0.2, 0) is 10.0 Å². The van der Waals surface area contributed by atoms with Crippen LogP contribution in [0.2, 0.25) is 0 Å². The van der Waals surface area contributed by atoms with Gasteiger partial charge in [0.15, 0.2) is 5.82 Å². The van der Waals surface area contributed by atoms with Crippen LogP contribution in [0.15, 0.2) is 30.6 Å². The number of anilines is 1. The minimum Gasteiger partial charge on any atom is -0.345 e. The zero-order valence-electron chi connectivity index (χ0n) is 18.9. The molecule has 0 atom stereocenters. The summed E-state index contributed by atoms with van der Waals surface area (Å²) in [5.41, 5.74) is -5.01. The first-order valence-electron chi connectivity index (χ1n) is 10.2. The van der Waals surface area contributed by atoms with Crippen molar-refractivity contribution in [2.45, 2.75) is 20.2 Å². The minimum atomic E-state index is -4.72. The van der Waals surface area contributed by atoms with E-state index in [1.54, 1.807) is 4.72 Å². The zero-order valence-corrected chi connectivity index (χ0v) is 14.7. The molecule has 1 aromatic carbocycles. The number of aromatic nitrogens is 2. The Labute approximate surface area is 161 Å². The summed E-state index contributed by atoms with van der Waals surface area (Å²) in [4.78, 5) is 19.5. The third-order valence-electron chi connectivity index (χ3n) is 3.67. The highest BCUT2D eigenvalue weighted by molar-refractivity contribution is 7.92. The predicted octanol–water partition coefficient (Wildman–Crippen LogP) is 3.53. The molecule has 0 fully saturated rings. The number of hydrogen-bond donors (Lipinski definition) is 2. The Hall–Kier alpha value is -2.81. The largest absolute Gasteiger partial charge is 0.345 e. The molecule has 2 aromatic heterocycles. The number of halogens is 2. The van der Waals surface area contributed by atoms with Crippen molar-refractivity contribution in [3.05, 3.63) is 58.9 Å². The molecular formula is C18H17F2N3O3S. The number of pyridine rings is 1. The van der Waals surface area contributed by atoms with Gasteiger partial charge in [-0.1, -0.05) is 6.92 Å². The van der Waals surface area contributed by atoms with Crippen LogP contribution in [0.25, 0.3) is 11.0 Å². The second-order valence-electron chi connectivity index (χ2n) is 5.54. The summed E-state index contributed by atoms with van der Waals surface area (Å²) in [6.45, 7) is -1.26. The van der Waals surface area contributed by atoms with Crippen LogP contribution in [0, 0.1) is 18.5 Å². The molecule has 0 saturated carbocycles. The van der Waals surface area contributed by atoms with Crippen LogP contribution >= 0.6 is 0 Å². The topological polar surface area (TPSA) is 91.9 Å². The monoisotopic (exact) mass is 398 g/mol. The lowest BCUT2D eigenvalue weighted by atomic mass is 10.0. The quantitative estimate of drug-likeness (QED) is 0.622. The lowest BCUT2D eigenvalue weighted by molar-refractivity contribution is 0.103. The molecule has 6 nitrogen and oxygen atoms in total. The number of aryl methyl sites for hydroxylation is 1. The smallest absolute Gasteiger partial charge is 0.232 e. The Morgan fingerprint density at radius 2 is 2.19 bits per heavy atom. The Kier molecular flexibility index (Phi) is 3.50. The maximum absolute atomic E-state index is 15.0. The first kappa shape index (κ1) is 13.4. The maximum atomic E-state index is 15.0. The summed E-state index contributed by atoms with van der Waals surface area (Å²) in [5.74, 6) is -4.02. The summed E-state index contributed by atoms with van der Waals surface area (Å²) in [6.07, 6.45) is 1.75. The average Bonchev–Trinajstić information content (AvgIpc) is 3.12. The van der Waals surface area contributed by atoms with Gasteiger partial charge in [-0.05, 0) is 37.0 Å². The van der Waals surface area contributed by atoms with E-state index in [1.165, 1.54) is 6.92 Å². The molecule has 0 amide bonds. The number of sulfonamides is 1. The normalized spacial score (nSPS) is 15.4. The molecule has 0 saturated heterocycles. The van der Waals surface area contributed by atoms with Gasteiger partial charge in [-0.15, -0.1) is 0 Å². The van der Waals surface area contributed by atoms with Gasteiger partial charge in [-0.2, -0.15) is 0 Å². The van der Waals surface area contributed by atoms with Gasteiger partial charge in [0, 0.05) is 30.2 Å². The van der Waals surface area contributed by atoms with Crippen molar-refractivity contribution < 1.29 is 28.8 Å². The predicted molar refractivity (Wildman–Crippen MR) is 98.3 cm³/mol. The molecule has 9 heteroatoms. The fourth-order valence-corrected chi connectivity index (χ4v) is 3.44. The van der Waals surface area contributed by atoms with Gasteiger partial charge >= 0.3 is 0 Å². The Morgan fingerprint density at radius 1 is 1.41 bits per heavy atom. The number of rotatable bonds is 6. The fraction of sp³-hybridized carbons (Fsp3) is 0.222. The van der Waals surface area contributed by atoms with Crippen molar-refractivity contribution in [1.29, 1.82) is 0 Å². The highest BCUT2D eigenvalue weighted by Gasteiger charge is 2.25. The van der Waals surface area contributed by atoms with Crippen molar-refractivity contribution >= 4 is 32.5 Å². The van der Waals surface area contributed by atoms with Crippen molar-refractivity contribution in [2.75, 3.05) is 10.4 Å². The Bertz CT molecular complexity index is 1320. The van der Waals surface area contributed by atoms with Gasteiger partial charge in [0.05, 0.1) is 17.0 Å². The standard InChI is InChI=1S/C18H17F2N3O3S/c1-3-6-27(25,26)23-14-5-4-13(19)15(16(14)20)17(24)12-9-22-18-11(12)7-10(2)8-21-18/h4-5,7-9,23H,3,6H2,1-2H3,(H,21,22)/i2D3,6D2. The molecule has 0 bridgehead atoms. The van der Waals surface area contributed by atoms with E-state index in [0.29, 0.717) is 6.07 Å². The van der Waals surface area contributed by atoms with Gasteiger partial charge in [0.1, 0.15) is 11.5 Å². The molecule has 27 heavy (non-hydrogen) atoms. The molecule has 3 rings (SSSR count). The summed E-state index contributed by atoms with van der Waals surface area (Å²) >= 11 is 0. The Balaban J connectivity index is 2.11. The lowest BCUT2D eigenvalue weighted by Gasteiger charge is -2.11. The number of fused-ring (bicyclic) bond motifs is 1. The van der Waals surface area contributed by atoms with Crippen LogP contribution in [-0.4, -0.2) is 29.9 Å². The zero-order chi connectivity index (χ0) is 24.1. The van der Waals surface area contributed by atoms with E-state index >= 15 is 4.39 Å². The maximum Gasteiger partial charge on any atom is 0.232 e. The fourth-order valence-electron chi connectivity index (χ4n) is 2.54. The molecule has 0 aliphatic carbocycles. The van der Waals surface area contributed by atoms with Crippen molar-refractivity contribution in [3.8, 4) is 0 Å². The first-order chi connectivity index (χ1) is 14.7. The number of aromatic amines is 1. The third-order valence-corrected chi connectivity index (χ3v) is 4.83. The molecule has 0 spiro atoms. The number of nitrogens with one attached hydrogen (secondary N) is 2. The van der Waals surface area contributed by atoms with Crippen molar-refractivity contribution in [2.24, 2.45) is 0 Å². The molecular weight excluding hydrogens is 376 g/mol. The average molecular weight is 398 g/mol. The SMILES string of the molecule is [2H]C([2H])([2H])c1cnc2[nH]cc(C(=O)c3c(F)ccc(NS(=O)(=O)C([2H])([2H])CC)c3F)c2c1. The Morgan fingerprint density at radius 3 is 2.89 bits per heavy atom. The molecule has 0 unspecified atom stereocenters. The number of nitrogens with zero attached hydrogens (tertiary/aromatic N) is 1. The molecule has 0 aliphatic rings. The van der Waals surface area contributed by atoms with Gasteiger partial charge < -0.3 is 4.98 Å². The summed E-state index contributed by atoms with van der Waals surface area (Å²) in [6, 6.07) is 2.54. The second kappa shape index (κ2) is 7.07. The van der Waals surface area contributed by atoms with Gasteiger partial charge in [-0.25, -0.2) is 22.2 Å². The van der Waals surface area contributed by atoms with E-state index in [4.69, 9.17) is 6.85 Å². The first-order valence-corrected chi connectivity index (χ1v) is 9.20. The van der Waals surface area contributed by atoms with Gasteiger partial charge in [0.25, 0.3) is 0 Å². The molecule has 3 aromatic rings. The van der Waals surface area contributed by atoms with Crippen LogP contribution in [0.3, 0.4) is 0 Å². The van der Waals surface area contributed by atoms with Crippen LogP contribution < -0.4 is 4.72 Å². The number of benzene rings is 1. The van der Waals surface area contributed by atoms with Gasteiger partial charge in [-0.3, -0.25) is 9.52 Å². The molecule has 0 aliphatic heterocycles. The van der Waals surface area contributed by atoms with Crippen LogP contribution in [0.4, 0.5) is 14.5 Å². The lowest BCUT2D eigenvalue weighted by Crippen LogP contribution is -2.18. The van der Waals surface area contributed by atoms with E-state index < -0.39 is 57.7 Å². The highest BCUT2D eigenvalue weighted by Crippen LogP contribution is 2.27. The van der Waals surface area contributed by atoms with Crippen molar-refractivity contribution in [1.82, 2.24) is 9.97 Å². The van der Waals surface area contributed by atoms with Crippen LogP contribution in [0.5, 0.6) is 0 Å². The van der Waals surface area contributed by atoms with Gasteiger partial charge in [0.2, 0.25) is 15.8 Å². The molecule has 2 heterocycles. The van der Waals surface area contributed by atoms with E-state index in [9.17, 15) is 17.6 Å².